The molecule has 106 valence electrons. The van der Waals surface area contributed by atoms with E-state index in [0.29, 0.717) is 21.9 Å². The average molecular weight is 291 g/mol. The van der Waals surface area contributed by atoms with Gasteiger partial charge in [-0.15, -0.1) is 16.4 Å². The van der Waals surface area contributed by atoms with Crippen LogP contribution in [0.1, 0.15) is 22.5 Å². The zero-order chi connectivity index (χ0) is 13.9. The van der Waals surface area contributed by atoms with E-state index in [9.17, 15) is 4.79 Å². The molecule has 20 heavy (non-hydrogen) atoms. The number of carbonyl (C=O) groups excluding carboxylic acids is 1. The molecule has 1 amide bonds. The number of nitrogens with two attached hydrogens (primary N) is 1. The number of thiophene rings is 1. The fourth-order valence-electron chi connectivity index (χ4n) is 2.46. The summed E-state index contributed by atoms with van der Waals surface area (Å²) < 4.78 is 0. The van der Waals surface area contributed by atoms with E-state index < -0.39 is 0 Å². The van der Waals surface area contributed by atoms with Gasteiger partial charge in [0.15, 0.2) is 0 Å². The van der Waals surface area contributed by atoms with Crippen LogP contribution in [0.4, 0.5) is 5.69 Å². The minimum Gasteiger partial charge on any atom is -0.397 e. The third-order valence-corrected chi connectivity index (χ3v) is 4.64. The molecule has 3 rings (SSSR count). The van der Waals surface area contributed by atoms with Gasteiger partial charge in [0.2, 0.25) is 0 Å². The number of amides is 1. The van der Waals surface area contributed by atoms with Gasteiger partial charge < -0.3 is 16.0 Å². The zero-order valence-electron chi connectivity index (χ0n) is 11.1. The molecular weight excluding hydrogens is 274 g/mol. The number of hydrogen-bond acceptors (Lipinski definition) is 6. The minimum absolute atomic E-state index is 0.121. The molecule has 1 aliphatic rings. The van der Waals surface area contributed by atoms with Crippen molar-refractivity contribution >= 4 is 33.1 Å². The maximum absolute atomic E-state index is 12.2. The number of aromatic nitrogens is 2. The third kappa shape index (κ3) is 2.59. The number of rotatable bonds is 4. The Labute approximate surface area is 121 Å². The fraction of sp³-hybridized carbons (Fsp3) is 0.462. The number of nitrogens with one attached hydrogen (secondary N) is 1. The van der Waals surface area contributed by atoms with Crippen molar-refractivity contribution in [1.82, 2.24) is 20.4 Å². The molecule has 7 heteroatoms. The first-order chi connectivity index (χ1) is 9.75. The molecule has 1 aliphatic heterocycles. The molecule has 3 heterocycles. The van der Waals surface area contributed by atoms with Crippen LogP contribution in [-0.2, 0) is 0 Å². The zero-order valence-corrected chi connectivity index (χ0v) is 11.9. The fourth-order valence-corrected chi connectivity index (χ4v) is 3.41. The van der Waals surface area contributed by atoms with Crippen LogP contribution in [0.2, 0.25) is 0 Å². The van der Waals surface area contributed by atoms with E-state index in [4.69, 9.17) is 5.73 Å². The Balaban J connectivity index is 1.64. The topological polar surface area (TPSA) is 84.1 Å². The van der Waals surface area contributed by atoms with Crippen molar-refractivity contribution in [2.75, 3.05) is 31.9 Å². The summed E-state index contributed by atoms with van der Waals surface area (Å²) in [5, 5.41) is 11.5. The van der Waals surface area contributed by atoms with Crippen molar-refractivity contribution in [3.05, 3.63) is 17.1 Å². The summed E-state index contributed by atoms with van der Waals surface area (Å²) in [6, 6.07) is 1.79. The van der Waals surface area contributed by atoms with E-state index in [2.05, 4.69) is 20.4 Å². The molecule has 1 saturated heterocycles. The summed E-state index contributed by atoms with van der Waals surface area (Å²) >= 11 is 1.29. The Morgan fingerprint density at radius 2 is 2.25 bits per heavy atom. The first kappa shape index (κ1) is 13.3. The van der Waals surface area contributed by atoms with E-state index in [0.717, 1.165) is 25.0 Å². The number of nitrogens with zero attached hydrogens (tertiary/aromatic N) is 3. The standard InChI is InChI=1S/C13H17N5OS/c14-10-9-3-4-16-17-13(9)20-11(10)12(19)15-5-8-18-6-1-2-7-18/h3-4H,1-2,5-8,14H2,(H,15,19). The van der Waals surface area contributed by atoms with Crippen LogP contribution in [0.5, 0.6) is 0 Å². The van der Waals surface area contributed by atoms with Gasteiger partial charge in [-0.05, 0) is 32.0 Å². The van der Waals surface area contributed by atoms with Crippen LogP contribution in [0, 0.1) is 0 Å². The Morgan fingerprint density at radius 3 is 3.00 bits per heavy atom. The van der Waals surface area contributed by atoms with E-state index in [1.807, 2.05) is 0 Å². The predicted octanol–water partition coefficient (Wildman–Crippen LogP) is 1.10. The second kappa shape index (κ2) is 5.72. The first-order valence-electron chi connectivity index (χ1n) is 6.76. The van der Waals surface area contributed by atoms with Crippen molar-refractivity contribution < 1.29 is 4.79 Å². The van der Waals surface area contributed by atoms with Crippen LogP contribution in [0.3, 0.4) is 0 Å². The van der Waals surface area contributed by atoms with Crippen molar-refractivity contribution in [2.45, 2.75) is 12.8 Å². The highest BCUT2D eigenvalue weighted by atomic mass is 32.1. The maximum Gasteiger partial charge on any atom is 0.263 e. The molecular formula is C13H17N5OS. The van der Waals surface area contributed by atoms with Gasteiger partial charge in [-0.3, -0.25) is 4.79 Å². The van der Waals surface area contributed by atoms with Gasteiger partial charge >= 0.3 is 0 Å². The largest absolute Gasteiger partial charge is 0.397 e. The average Bonchev–Trinajstić information content (AvgIpc) is 3.08. The lowest BCUT2D eigenvalue weighted by Gasteiger charge is -2.14. The molecule has 1 fully saturated rings. The molecule has 0 spiro atoms. The third-order valence-electron chi connectivity index (χ3n) is 3.54. The van der Waals surface area contributed by atoms with Gasteiger partial charge in [0.05, 0.1) is 11.9 Å². The Morgan fingerprint density at radius 1 is 1.45 bits per heavy atom. The van der Waals surface area contributed by atoms with Crippen molar-refractivity contribution in [3.63, 3.8) is 0 Å². The summed E-state index contributed by atoms with van der Waals surface area (Å²) in [4.78, 5) is 15.8. The molecule has 2 aromatic heterocycles. The highest BCUT2D eigenvalue weighted by molar-refractivity contribution is 7.21. The first-order valence-corrected chi connectivity index (χ1v) is 7.57. The molecule has 0 aliphatic carbocycles. The van der Waals surface area contributed by atoms with Gasteiger partial charge in [-0.2, -0.15) is 5.10 Å². The Hall–Kier alpha value is -1.73. The van der Waals surface area contributed by atoms with Gasteiger partial charge in [0, 0.05) is 18.5 Å². The number of nitrogen functional groups attached to an aromatic ring is 1. The summed E-state index contributed by atoms with van der Waals surface area (Å²) in [5.41, 5.74) is 6.50. The van der Waals surface area contributed by atoms with Gasteiger partial charge in [0.25, 0.3) is 5.91 Å². The SMILES string of the molecule is Nc1c(C(=O)NCCN2CCCC2)sc2nnccc12. The lowest BCUT2D eigenvalue weighted by molar-refractivity contribution is 0.0954. The number of anilines is 1. The highest BCUT2D eigenvalue weighted by Gasteiger charge is 2.17. The number of likely N-dealkylation sites (tertiary alicyclic amines) is 1. The molecule has 0 unspecified atom stereocenters. The summed E-state index contributed by atoms with van der Waals surface area (Å²) in [5.74, 6) is -0.121. The van der Waals surface area contributed by atoms with Gasteiger partial charge in [0.1, 0.15) is 9.71 Å². The Kier molecular flexibility index (Phi) is 3.79. The number of hydrogen-bond donors (Lipinski definition) is 2. The van der Waals surface area contributed by atoms with Crippen molar-refractivity contribution in [2.24, 2.45) is 0 Å². The lowest BCUT2D eigenvalue weighted by atomic mass is 10.3. The van der Waals surface area contributed by atoms with Crippen LogP contribution < -0.4 is 11.1 Å². The van der Waals surface area contributed by atoms with E-state index in [1.165, 1.54) is 24.2 Å². The molecule has 2 aromatic rings. The quantitative estimate of drug-likeness (QED) is 0.881. The predicted molar refractivity (Wildman–Crippen MR) is 79.8 cm³/mol. The minimum atomic E-state index is -0.121. The summed E-state index contributed by atoms with van der Waals surface area (Å²) in [6.07, 6.45) is 4.10. The van der Waals surface area contributed by atoms with E-state index in [-0.39, 0.29) is 5.91 Å². The monoisotopic (exact) mass is 291 g/mol. The summed E-state index contributed by atoms with van der Waals surface area (Å²) in [7, 11) is 0. The number of fused-ring (bicyclic) bond motifs is 1. The lowest BCUT2D eigenvalue weighted by Crippen LogP contribution is -2.33. The van der Waals surface area contributed by atoms with E-state index in [1.54, 1.807) is 12.3 Å². The number of carbonyl (C=O) groups is 1. The van der Waals surface area contributed by atoms with Crippen LogP contribution in [0.15, 0.2) is 12.3 Å². The van der Waals surface area contributed by atoms with Crippen LogP contribution in [-0.4, -0.2) is 47.2 Å². The second-order valence-corrected chi connectivity index (χ2v) is 5.90. The Bertz CT molecular complexity index is 620. The molecule has 0 bridgehead atoms. The van der Waals surface area contributed by atoms with Crippen molar-refractivity contribution in [3.8, 4) is 0 Å². The highest BCUT2D eigenvalue weighted by Crippen LogP contribution is 2.31. The van der Waals surface area contributed by atoms with Crippen LogP contribution in [0.25, 0.3) is 10.2 Å². The normalized spacial score (nSPS) is 15.8. The molecule has 3 N–H and O–H groups in total. The molecule has 0 radical (unpaired) electrons. The van der Waals surface area contributed by atoms with Crippen molar-refractivity contribution in [1.29, 1.82) is 0 Å². The second-order valence-electron chi connectivity index (χ2n) is 4.90. The molecule has 0 saturated carbocycles. The molecule has 0 aromatic carbocycles. The van der Waals surface area contributed by atoms with Gasteiger partial charge in [-0.1, -0.05) is 0 Å². The molecule has 0 atom stereocenters. The smallest absolute Gasteiger partial charge is 0.263 e. The summed E-state index contributed by atoms with van der Waals surface area (Å²) in [6.45, 7) is 3.82. The molecule has 6 nitrogen and oxygen atoms in total. The maximum atomic E-state index is 12.2. The van der Waals surface area contributed by atoms with Gasteiger partial charge in [-0.25, -0.2) is 0 Å². The van der Waals surface area contributed by atoms with E-state index >= 15 is 0 Å². The van der Waals surface area contributed by atoms with Crippen LogP contribution >= 0.6 is 11.3 Å².